The maximum atomic E-state index is 4.68. The maximum absolute atomic E-state index is 4.68. The Morgan fingerprint density at radius 3 is 2.53 bits per heavy atom. The molecule has 0 bridgehead atoms. The van der Waals surface area contributed by atoms with Crippen LogP contribution in [-0.2, 0) is 0 Å². The molecule has 2 heterocycles. The van der Waals surface area contributed by atoms with Gasteiger partial charge in [-0.1, -0.05) is 12.1 Å². The van der Waals surface area contributed by atoms with Crippen molar-refractivity contribution in [1.82, 2.24) is 15.3 Å². The van der Waals surface area contributed by atoms with Crippen LogP contribution in [0.1, 0.15) is 12.8 Å². The summed E-state index contributed by atoms with van der Waals surface area (Å²) in [5.41, 5.74) is 1.84. The van der Waals surface area contributed by atoms with Crippen LogP contribution in [0.25, 0.3) is 11.0 Å². The number of hydrogen-bond donors (Lipinski definition) is 3. The molecule has 0 aliphatic carbocycles. The van der Waals surface area contributed by atoms with Gasteiger partial charge in [0, 0.05) is 19.6 Å². The van der Waals surface area contributed by atoms with E-state index in [9.17, 15) is 0 Å². The first-order chi connectivity index (χ1) is 9.36. The zero-order valence-electron chi connectivity index (χ0n) is 11.1. The van der Waals surface area contributed by atoms with Gasteiger partial charge in [-0.2, -0.15) is 0 Å². The monoisotopic (exact) mass is 257 g/mol. The molecule has 1 aliphatic rings. The van der Waals surface area contributed by atoms with E-state index < -0.39 is 0 Å². The highest BCUT2D eigenvalue weighted by molar-refractivity contribution is 5.80. The van der Waals surface area contributed by atoms with Crippen molar-refractivity contribution in [3.8, 4) is 0 Å². The van der Waals surface area contributed by atoms with Gasteiger partial charge in [-0.3, -0.25) is 0 Å². The van der Waals surface area contributed by atoms with Crippen LogP contribution in [0.4, 0.5) is 11.6 Å². The fraction of sp³-hybridized carbons (Fsp3) is 0.429. The van der Waals surface area contributed by atoms with Crippen molar-refractivity contribution in [2.75, 3.05) is 30.8 Å². The largest absolute Gasteiger partial charge is 0.370 e. The van der Waals surface area contributed by atoms with E-state index in [1.165, 1.54) is 12.8 Å². The SMILES string of the molecule is CNc1nc2ccccc2nc1NC1CCCNC1. The Morgan fingerprint density at radius 1 is 1.16 bits per heavy atom. The van der Waals surface area contributed by atoms with Crippen LogP contribution in [-0.4, -0.2) is 36.1 Å². The quantitative estimate of drug-likeness (QED) is 0.783. The van der Waals surface area contributed by atoms with Crippen molar-refractivity contribution in [1.29, 1.82) is 0 Å². The lowest BCUT2D eigenvalue weighted by molar-refractivity contribution is 0.479. The molecule has 3 rings (SSSR count). The molecule has 0 saturated carbocycles. The number of hydrogen-bond acceptors (Lipinski definition) is 5. The van der Waals surface area contributed by atoms with E-state index in [1.54, 1.807) is 0 Å². The summed E-state index contributed by atoms with van der Waals surface area (Å²) in [4.78, 5) is 9.28. The molecule has 5 nitrogen and oxygen atoms in total. The minimum atomic E-state index is 0.427. The third-order valence-corrected chi connectivity index (χ3v) is 3.45. The first-order valence-electron chi connectivity index (χ1n) is 6.78. The standard InChI is InChI=1S/C14H19N5/c1-15-13-14(17-10-5-4-8-16-9-10)19-12-7-3-2-6-11(12)18-13/h2-3,6-7,10,16H,4-5,8-9H2,1H3,(H,15,18)(H,17,19). The molecule has 19 heavy (non-hydrogen) atoms. The first kappa shape index (κ1) is 12.2. The molecule has 5 heteroatoms. The Hall–Kier alpha value is -1.88. The van der Waals surface area contributed by atoms with Gasteiger partial charge in [0.2, 0.25) is 0 Å². The van der Waals surface area contributed by atoms with Crippen molar-refractivity contribution in [3.63, 3.8) is 0 Å². The molecule has 2 aromatic rings. The molecule has 1 aromatic heterocycles. The average molecular weight is 257 g/mol. The molecule has 1 aliphatic heterocycles. The summed E-state index contributed by atoms with van der Waals surface area (Å²) >= 11 is 0. The maximum Gasteiger partial charge on any atom is 0.170 e. The van der Waals surface area contributed by atoms with Gasteiger partial charge >= 0.3 is 0 Å². The van der Waals surface area contributed by atoms with Crippen LogP contribution >= 0.6 is 0 Å². The highest BCUT2D eigenvalue weighted by atomic mass is 15.1. The Kier molecular flexibility index (Phi) is 3.46. The highest BCUT2D eigenvalue weighted by Crippen LogP contribution is 2.22. The minimum Gasteiger partial charge on any atom is -0.370 e. The molecule has 0 spiro atoms. The number of benzene rings is 1. The zero-order chi connectivity index (χ0) is 13.1. The summed E-state index contributed by atoms with van der Waals surface area (Å²) in [6.45, 7) is 2.10. The number of rotatable bonds is 3. The number of aromatic nitrogens is 2. The van der Waals surface area contributed by atoms with Gasteiger partial charge in [-0.05, 0) is 31.5 Å². The van der Waals surface area contributed by atoms with Crippen LogP contribution in [0.15, 0.2) is 24.3 Å². The topological polar surface area (TPSA) is 61.9 Å². The van der Waals surface area contributed by atoms with Crippen molar-refractivity contribution in [2.45, 2.75) is 18.9 Å². The third-order valence-electron chi connectivity index (χ3n) is 3.45. The number of nitrogens with zero attached hydrogens (tertiary/aromatic N) is 2. The Bertz CT molecular complexity index is 563. The van der Waals surface area contributed by atoms with Crippen LogP contribution < -0.4 is 16.0 Å². The number of fused-ring (bicyclic) bond motifs is 1. The lowest BCUT2D eigenvalue weighted by Gasteiger charge is -2.25. The van der Waals surface area contributed by atoms with E-state index in [1.807, 2.05) is 31.3 Å². The summed E-state index contributed by atoms with van der Waals surface area (Å²) in [5.74, 6) is 1.65. The summed E-state index contributed by atoms with van der Waals surface area (Å²) in [6, 6.07) is 8.37. The fourth-order valence-electron chi connectivity index (χ4n) is 2.44. The summed E-state index contributed by atoms with van der Waals surface area (Å²) in [5, 5.41) is 10.0. The van der Waals surface area contributed by atoms with Crippen molar-refractivity contribution >= 4 is 22.7 Å². The van der Waals surface area contributed by atoms with Gasteiger partial charge in [0.25, 0.3) is 0 Å². The zero-order valence-corrected chi connectivity index (χ0v) is 11.1. The summed E-state index contributed by atoms with van der Waals surface area (Å²) < 4.78 is 0. The molecule has 1 unspecified atom stereocenters. The second-order valence-electron chi connectivity index (χ2n) is 4.85. The van der Waals surface area contributed by atoms with Gasteiger partial charge < -0.3 is 16.0 Å². The van der Waals surface area contributed by atoms with Crippen LogP contribution in [0.3, 0.4) is 0 Å². The predicted molar refractivity (Wildman–Crippen MR) is 78.6 cm³/mol. The lowest BCUT2D eigenvalue weighted by Crippen LogP contribution is -2.38. The van der Waals surface area contributed by atoms with E-state index in [2.05, 4.69) is 25.9 Å². The number of para-hydroxylation sites is 2. The van der Waals surface area contributed by atoms with Gasteiger partial charge in [0.05, 0.1) is 11.0 Å². The minimum absolute atomic E-state index is 0.427. The molecule has 1 atom stereocenters. The highest BCUT2D eigenvalue weighted by Gasteiger charge is 2.15. The molecule has 1 fully saturated rings. The fourth-order valence-corrected chi connectivity index (χ4v) is 2.44. The van der Waals surface area contributed by atoms with Crippen LogP contribution in [0, 0.1) is 0 Å². The third kappa shape index (κ3) is 2.61. The van der Waals surface area contributed by atoms with Gasteiger partial charge in [0.1, 0.15) is 0 Å². The van der Waals surface area contributed by atoms with E-state index in [0.29, 0.717) is 6.04 Å². The second-order valence-corrected chi connectivity index (χ2v) is 4.85. The normalized spacial score (nSPS) is 19.3. The molecular weight excluding hydrogens is 238 g/mol. The van der Waals surface area contributed by atoms with Gasteiger partial charge in [-0.25, -0.2) is 9.97 Å². The molecule has 3 N–H and O–H groups in total. The molecule has 0 radical (unpaired) electrons. The van der Waals surface area contributed by atoms with Crippen LogP contribution in [0.2, 0.25) is 0 Å². The van der Waals surface area contributed by atoms with Crippen molar-refractivity contribution < 1.29 is 0 Å². The average Bonchev–Trinajstić information content (AvgIpc) is 2.47. The second kappa shape index (κ2) is 5.40. The van der Waals surface area contributed by atoms with E-state index in [4.69, 9.17) is 0 Å². The Labute approximate surface area is 112 Å². The van der Waals surface area contributed by atoms with Crippen molar-refractivity contribution in [2.24, 2.45) is 0 Å². The predicted octanol–water partition coefficient (Wildman–Crippen LogP) is 1.84. The molecule has 1 aromatic carbocycles. The number of piperidine rings is 1. The van der Waals surface area contributed by atoms with Gasteiger partial charge in [0.15, 0.2) is 11.6 Å². The van der Waals surface area contributed by atoms with Crippen molar-refractivity contribution in [3.05, 3.63) is 24.3 Å². The number of nitrogens with one attached hydrogen (secondary N) is 3. The first-order valence-corrected chi connectivity index (χ1v) is 6.78. The van der Waals surface area contributed by atoms with Gasteiger partial charge in [-0.15, -0.1) is 0 Å². The molecule has 100 valence electrons. The lowest BCUT2D eigenvalue weighted by atomic mass is 10.1. The Morgan fingerprint density at radius 2 is 1.89 bits per heavy atom. The summed E-state index contributed by atoms with van der Waals surface area (Å²) in [7, 11) is 1.88. The van der Waals surface area contributed by atoms with E-state index in [-0.39, 0.29) is 0 Å². The summed E-state index contributed by atoms with van der Waals surface area (Å²) in [6.07, 6.45) is 2.37. The molecular formula is C14H19N5. The van der Waals surface area contributed by atoms with Crippen LogP contribution in [0.5, 0.6) is 0 Å². The van der Waals surface area contributed by atoms with E-state index >= 15 is 0 Å². The molecule has 0 amide bonds. The Balaban J connectivity index is 1.91. The molecule has 1 saturated heterocycles. The number of anilines is 2. The van der Waals surface area contributed by atoms with E-state index in [0.717, 1.165) is 35.8 Å². The smallest absolute Gasteiger partial charge is 0.170 e.